The molecule has 1 unspecified atom stereocenters. The van der Waals surface area contributed by atoms with E-state index >= 15 is 0 Å². The summed E-state index contributed by atoms with van der Waals surface area (Å²) in [6, 6.07) is 12.6. The Labute approximate surface area is 167 Å². The fourth-order valence-corrected chi connectivity index (χ4v) is 3.93. The van der Waals surface area contributed by atoms with Gasteiger partial charge in [-0.1, -0.05) is 24.3 Å². The van der Waals surface area contributed by atoms with Crippen LogP contribution in [0.5, 0.6) is 5.75 Å². The minimum Gasteiger partial charge on any atom is -0.488 e. The number of guanidine groups is 1. The van der Waals surface area contributed by atoms with Crippen molar-refractivity contribution in [3.63, 3.8) is 0 Å². The zero-order valence-electron chi connectivity index (χ0n) is 16.5. The topological polar surface area (TPSA) is 68.9 Å². The van der Waals surface area contributed by atoms with Crippen LogP contribution in [0, 0.1) is 6.92 Å². The molecule has 0 saturated carbocycles. The average molecular weight is 380 g/mol. The van der Waals surface area contributed by atoms with Crippen molar-refractivity contribution in [2.24, 2.45) is 10.7 Å². The Balaban J connectivity index is 1.47. The van der Waals surface area contributed by atoms with Crippen molar-refractivity contribution in [1.82, 2.24) is 0 Å². The predicted octanol–water partition coefficient (Wildman–Crippen LogP) is 3.97. The molecule has 1 aliphatic heterocycles. The second-order valence-corrected chi connectivity index (χ2v) is 7.69. The number of nitrogens with two attached hydrogens (primary N) is 1. The lowest BCUT2D eigenvalue weighted by molar-refractivity contribution is 0.140. The van der Waals surface area contributed by atoms with Gasteiger partial charge in [0.25, 0.3) is 0 Å². The summed E-state index contributed by atoms with van der Waals surface area (Å²) < 4.78 is 11.6. The number of fused-ring (bicyclic) bond motifs is 1. The molecule has 0 bridgehead atoms. The summed E-state index contributed by atoms with van der Waals surface area (Å²) in [5.41, 5.74) is 12.3. The standard InChI is InChI=1S/C23H29N3O2/c1-16-9-10-18(22(13-16)28-19-11-12-27-15-19)14-25-23(24)26-21-8-4-6-17-5-2-3-7-20(17)21/h4,6,8-10,13,19H,2-3,5,7,11-12,14-15H2,1H3,(H3,24,25,26). The number of aliphatic imine (C=N–C) groups is 1. The zero-order valence-corrected chi connectivity index (χ0v) is 16.5. The number of hydrogen-bond donors (Lipinski definition) is 2. The van der Waals surface area contributed by atoms with Gasteiger partial charge < -0.3 is 20.5 Å². The maximum absolute atomic E-state index is 6.21. The lowest BCUT2D eigenvalue weighted by Crippen LogP contribution is -2.24. The van der Waals surface area contributed by atoms with Crippen LogP contribution >= 0.6 is 0 Å². The molecule has 5 heteroatoms. The van der Waals surface area contributed by atoms with E-state index in [-0.39, 0.29) is 6.10 Å². The van der Waals surface area contributed by atoms with Crippen LogP contribution in [0.25, 0.3) is 0 Å². The Morgan fingerprint density at radius 2 is 2.14 bits per heavy atom. The molecule has 4 rings (SSSR count). The smallest absolute Gasteiger partial charge is 0.193 e. The van der Waals surface area contributed by atoms with Gasteiger partial charge in [0.05, 0.1) is 19.8 Å². The van der Waals surface area contributed by atoms with E-state index in [1.54, 1.807) is 0 Å². The van der Waals surface area contributed by atoms with E-state index < -0.39 is 0 Å². The third-order valence-electron chi connectivity index (χ3n) is 5.48. The molecule has 5 nitrogen and oxygen atoms in total. The summed E-state index contributed by atoms with van der Waals surface area (Å²) in [7, 11) is 0. The monoisotopic (exact) mass is 379 g/mol. The molecule has 1 atom stereocenters. The van der Waals surface area contributed by atoms with Crippen molar-refractivity contribution in [3.8, 4) is 5.75 Å². The minimum atomic E-state index is 0.121. The lowest BCUT2D eigenvalue weighted by Gasteiger charge is -2.20. The average Bonchev–Trinajstić information content (AvgIpc) is 3.21. The Morgan fingerprint density at radius 3 is 3.00 bits per heavy atom. The Hall–Kier alpha value is -2.53. The van der Waals surface area contributed by atoms with Gasteiger partial charge in [0.2, 0.25) is 0 Å². The van der Waals surface area contributed by atoms with Crippen LogP contribution in [-0.4, -0.2) is 25.3 Å². The van der Waals surface area contributed by atoms with Gasteiger partial charge >= 0.3 is 0 Å². The van der Waals surface area contributed by atoms with Gasteiger partial charge in [-0.15, -0.1) is 0 Å². The highest BCUT2D eigenvalue weighted by atomic mass is 16.5. The van der Waals surface area contributed by atoms with Gasteiger partial charge in [0.15, 0.2) is 5.96 Å². The summed E-state index contributed by atoms with van der Waals surface area (Å²) in [6.07, 6.45) is 5.80. The van der Waals surface area contributed by atoms with E-state index in [1.165, 1.54) is 29.5 Å². The second kappa shape index (κ2) is 8.65. The molecule has 0 spiro atoms. The van der Waals surface area contributed by atoms with Gasteiger partial charge in [-0.3, -0.25) is 0 Å². The van der Waals surface area contributed by atoms with E-state index in [4.69, 9.17) is 15.2 Å². The summed E-state index contributed by atoms with van der Waals surface area (Å²) in [5.74, 6) is 1.32. The van der Waals surface area contributed by atoms with E-state index in [1.807, 2.05) is 0 Å². The van der Waals surface area contributed by atoms with Crippen molar-refractivity contribution in [2.75, 3.05) is 18.5 Å². The normalized spacial score (nSPS) is 19.3. The van der Waals surface area contributed by atoms with Crippen LogP contribution in [0.3, 0.4) is 0 Å². The number of nitrogens with one attached hydrogen (secondary N) is 1. The number of ether oxygens (including phenoxy) is 2. The lowest BCUT2D eigenvalue weighted by atomic mass is 9.90. The minimum absolute atomic E-state index is 0.121. The Kier molecular flexibility index (Phi) is 5.81. The quantitative estimate of drug-likeness (QED) is 0.609. The third kappa shape index (κ3) is 4.47. The van der Waals surface area contributed by atoms with Crippen molar-refractivity contribution < 1.29 is 9.47 Å². The molecule has 0 aromatic heterocycles. The molecule has 2 aromatic rings. The SMILES string of the molecule is Cc1ccc(CN=C(N)Nc2cccc3c2CCCC3)c(OC2CCOC2)c1. The maximum Gasteiger partial charge on any atom is 0.193 e. The predicted molar refractivity (Wildman–Crippen MR) is 113 cm³/mol. The van der Waals surface area contributed by atoms with Gasteiger partial charge in [-0.25, -0.2) is 4.99 Å². The molecule has 0 radical (unpaired) electrons. The van der Waals surface area contributed by atoms with Crippen LogP contribution in [0.2, 0.25) is 0 Å². The Bertz CT molecular complexity index is 857. The van der Waals surface area contributed by atoms with E-state index in [0.717, 1.165) is 42.9 Å². The fraction of sp³-hybridized carbons (Fsp3) is 0.435. The number of anilines is 1. The molecule has 28 heavy (non-hydrogen) atoms. The number of benzene rings is 2. The first-order valence-corrected chi connectivity index (χ1v) is 10.2. The number of rotatable bonds is 5. The van der Waals surface area contributed by atoms with Gasteiger partial charge in [-0.2, -0.15) is 0 Å². The molecular weight excluding hydrogens is 350 g/mol. The molecule has 1 fully saturated rings. The summed E-state index contributed by atoms with van der Waals surface area (Å²) in [4.78, 5) is 4.58. The molecular formula is C23H29N3O2. The van der Waals surface area contributed by atoms with Crippen LogP contribution in [-0.2, 0) is 24.1 Å². The molecule has 1 heterocycles. The van der Waals surface area contributed by atoms with Crippen molar-refractivity contribution in [2.45, 2.75) is 51.7 Å². The van der Waals surface area contributed by atoms with Crippen molar-refractivity contribution in [3.05, 3.63) is 58.7 Å². The van der Waals surface area contributed by atoms with Gasteiger partial charge in [0, 0.05) is 17.7 Å². The number of nitrogens with zero attached hydrogens (tertiary/aromatic N) is 1. The zero-order chi connectivity index (χ0) is 19.3. The summed E-state index contributed by atoms with van der Waals surface area (Å²) >= 11 is 0. The summed E-state index contributed by atoms with van der Waals surface area (Å²) in [5, 5.41) is 3.31. The highest BCUT2D eigenvalue weighted by Gasteiger charge is 2.19. The fourth-order valence-electron chi connectivity index (χ4n) is 3.93. The first kappa shape index (κ1) is 18.8. The van der Waals surface area contributed by atoms with E-state index in [2.05, 4.69) is 53.6 Å². The molecule has 3 N–H and O–H groups in total. The van der Waals surface area contributed by atoms with Crippen molar-refractivity contribution in [1.29, 1.82) is 0 Å². The first-order chi connectivity index (χ1) is 13.7. The van der Waals surface area contributed by atoms with Crippen LogP contribution in [0.15, 0.2) is 41.4 Å². The molecule has 0 amide bonds. The highest BCUT2D eigenvalue weighted by molar-refractivity contribution is 5.93. The first-order valence-electron chi connectivity index (χ1n) is 10.2. The second-order valence-electron chi connectivity index (χ2n) is 7.69. The van der Waals surface area contributed by atoms with E-state index in [9.17, 15) is 0 Å². The van der Waals surface area contributed by atoms with Crippen LogP contribution < -0.4 is 15.8 Å². The van der Waals surface area contributed by atoms with Crippen LogP contribution in [0.4, 0.5) is 5.69 Å². The maximum atomic E-state index is 6.21. The van der Waals surface area contributed by atoms with Gasteiger partial charge in [-0.05, 0) is 61.4 Å². The van der Waals surface area contributed by atoms with Crippen LogP contribution in [0.1, 0.15) is 41.5 Å². The van der Waals surface area contributed by atoms with Crippen molar-refractivity contribution >= 4 is 11.6 Å². The van der Waals surface area contributed by atoms with E-state index in [0.29, 0.717) is 19.1 Å². The molecule has 148 valence electrons. The number of hydrogen-bond acceptors (Lipinski definition) is 3. The summed E-state index contributed by atoms with van der Waals surface area (Å²) in [6.45, 7) is 3.97. The third-order valence-corrected chi connectivity index (χ3v) is 5.48. The van der Waals surface area contributed by atoms with Gasteiger partial charge in [0.1, 0.15) is 11.9 Å². The highest BCUT2D eigenvalue weighted by Crippen LogP contribution is 2.28. The number of aryl methyl sites for hydroxylation is 2. The molecule has 2 aromatic carbocycles. The largest absolute Gasteiger partial charge is 0.488 e. The Morgan fingerprint density at radius 1 is 1.25 bits per heavy atom. The molecule has 2 aliphatic rings. The molecule has 1 saturated heterocycles. The molecule has 1 aliphatic carbocycles.